The van der Waals surface area contributed by atoms with E-state index in [2.05, 4.69) is 16.3 Å². The van der Waals surface area contributed by atoms with E-state index in [9.17, 15) is 8.42 Å². The molecule has 0 saturated heterocycles. The number of sulfonamides is 1. The standard InChI is InChI=1S/C14H23N3O2S/c1-10(2)14-15-13(9-17(14)4)20(18,19)16-12-7-5-11(3)6-8-12/h9-10,12,16H,3,5-8H2,1-2,4H3. The van der Waals surface area contributed by atoms with Crippen molar-refractivity contribution in [2.24, 2.45) is 7.05 Å². The van der Waals surface area contributed by atoms with Crippen molar-refractivity contribution in [3.05, 3.63) is 24.2 Å². The second kappa shape index (κ2) is 5.69. The zero-order valence-corrected chi connectivity index (χ0v) is 13.2. The number of aryl methyl sites for hydroxylation is 1. The number of hydrogen-bond donors (Lipinski definition) is 1. The number of rotatable bonds is 4. The van der Waals surface area contributed by atoms with Crippen LogP contribution >= 0.6 is 0 Å². The van der Waals surface area contributed by atoms with Gasteiger partial charge in [-0.1, -0.05) is 26.0 Å². The molecule has 0 aromatic carbocycles. The Bertz CT molecular complexity index is 592. The Morgan fingerprint density at radius 2 is 2.00 bits per heavy atom. The van der Waals surface area contributed by atoms with Crippen molar-refractivity contribution in [1.82, 2.24) is 14.3 Å². The molecule has 0 radical (unpaired) electrons. The summed E-state index contributed by atoms with van der Waals surface area (Å²) in [5.41, 5.74) is 1.21. The molecular formula is C14H23N3O2S. The molecular weight excluding hydrogens is 274 g/mol. The fourth-order valence-corrected chi connectivity index (χ4v) is 3.85. The molecule has 1 aliphatic carbocycles. The van der Waals surface area contributed by atoms with Crippen LogP contribution in [0.5, 0.6) is 0 Å². The fraction of sp³-hybridized carbons (Fsp3) is 0.643. The number of imidazole rings is 1. The van der Waals surface area contributed by atoms with Crippen LogP contribution in [0.2, 0.25) is 0 Å². The zero-order chi connectivity index (χ0) is 14.9. The van der Waals surface area contributed by atoms with E-state index >= 15 is 0 Å². The lowest BCUT2D eigenvalue weighted by molar-refractivity contribution is 0.465. The van der Waals surface area contributed by atoms with Gasteiger partial charge < -0.3 is 4.57 Å². The average molecular weight is 297 g/mol. The molecule has 0 unspecified atom stereocenters. The average Bonchev–Trinajstić information content (AvgIpc) is 2.75. The summed E-state index contributed by atoms with van der Waals surface area (Å²) in [6, 6.07) is -0.00462. The quantitative estimate of drug-likeness (QED) is 0.867. The maximum Gasteiger partial charge on any atom is 0.259 e. The number of allylic oxidation sites excluding steroid dienone is 1. The van der Waals surface area contributed by atoms with Crippen LogP contribution in [0.25, 0.3) is 0 Å². The largest absolute Gasteiger partial charge is 0.336 e. The molecule has 1 saturated carbocycles. The maximum absolute atomic E-state index is 12.4. The molecule has 1 aromatic rings. The van der Waals surface area contributed by atoms with Crippen LogP contribution < -0.4 is 4.72 Å². The first-order chi connectivity index (χ1) is 9.29. The Morgan fingerprint density at radius 1 is 1.40 bits per heavy atom. The van der Waals surface area contributed by atoms with E-state index < -0.39 is 10.0 Å². The lowest BCUT2D eigenvalue weighted by Gasteiger charge is -2.23. The predicted molar refractivity (Wildman–Crippen MR) is 79.0 cm³/mol. The minimum absolute atomic E-state index is 0.00462. The smallest absolute Gasteiger partial charge is 0.259 e. The van der Waals surface area contributed by atoms with Gasteiger partial charge in [0.05, 0.1) is 0 Å². The second-order valence-corrected chi connectivity index (χ2v) is 7.51. The summed E-state index contributed by atoms with van der Waals surface area (Å²) >= 11 is 0. The van der Waals surface area contributed by atoms with Crippen LogP contribution in [0.3, 0.4) is 0 Å². The highest BCUT2D eigenvalue weighted by atomic mass is 32.2. The van der Waals surface area contributed by atoms with E-state index in [-0.39, 0.29) is 17.0 Å². The molecule has 1 fully saturated rings. The van der Waals surface area contributed by atoms with Gasteiger partial charge in [-0.3, -0.25) is 0 Å². The Morgan fingerprint density at radius 3 is 2.50 bits per heavy atom. The molecule has 2 rings (SSSR count). The zero-order valence-electron chi connectivity index (χ0n) is 12.4. The van der Waals surface area contributed by atoms with Crippen molar-refractivity contribution >= 4 is 10.0 Å². The second-order valence-electron chi connectivity index (χ2n) is 5.85. The maximum atomic E-state index is 12.4. The van der Waals surface area contributed by atoms with Crippen molar-refractivity contribution in [3.8, 4) is 0 Å². The highest BCUT2D eigenvalue weighted by molar-refractivity contribution is 7.89. The summed E-state index contributed by atoms with van der Waals surface area (Å²) in [7, 11) is -1.70. The van der Waals surface area contributed by atoms with Crippen LogP contribution in [0, 0.1) is 0 Å². The first kappa shape index (κ1) is 15.3. The third kappa shape index (κ3) is 3.30. The van der Waals surface area contributed by atoms with Gasteiger partial charge in [-0.2, -0.15) is 0 Å². The van der Waals surface area contributed by atoms with Crippen LogP contribution in [0.15, 0.2) is 23.4 Å². The van der Waals surface area contributed by atoms with Gasteiger partial charge in [0.2, 0.25) is 0 Å². The van der Waals surface area contributed by atoms with Crippen LogP contribution in [-0.4, -0.2) is 24.0 Å². The lowest BCUT2D eigenvalue weighted by Crippen LogP contribution is -2.36. The molecule has 0 atom stereocenters. The van der Waals surface area contributed by atoms with Gasteiger partial charge >= 0.3 is 0 Å². The van der Waals surface area contributed by atoms with Crippen LogP contribution in [0.4, 0.5) is 0 Å². The van der Waals surface area contributed by atoms with E-state index in [4.69, 9.17) is 0 Å². The first-order valence-electron chi connectivity index (χ1n) is 7.02. The number of nitrogens with one attached hydrogen (secondary N) is 1. The summed E-state index contributed by atoms with van der Waals surface area (Å²) in [6.07, 6.45) is 5.02. The number of nitrogens with zero attached hydrogens (tertiary/aromatic N) is 2. The highest BCUT2D eigenvalue weighted by Gasteiger charge is 2.25. The minimum Gasteiger partial charge on any atom is -0.336 e. The molecule has 5 nitrogen and oxygen atoms in total. The minimum atomic E-state index is -3.52. The van der Waals surface area contributed by atoms with Gasteiger partial charge in [-0.05, 0) is 25.7 Å². The fourth-order valence-electron chi connectivity index (χ4n) is 2.54. The Kier molecular flexibility index (Phi) is 4.34. The first-order valence-corrected chi connectivity index (χ1v) is 8.50. The Hall–Kier alpha value is -1.14. The van der Waals surface area contributed by atoms with Crippen molar-refractivity contribution in [3.63, 3.8) is 0 Å². The molecule has 112 valence electrons. The summed E-state index contributed by atoms with van der Waals surface area (Å²) in [5.74, 6) is 0.976. The Balaban J connectivity index is 2.14. The van der Waals surface area contributed by atoms with Gasteiger partial charge in [-0.15, -0.1) is 0 Å². The van der Waals surface area contributed by atoms with Gasteiger partial charge in [0.25, 0.3) is 10.0 Å². The lowest BCUT2D eigenvalue weighted by atomic mass is 9.93. The molecule has 1 aliphatic rings. The molecule has 0 amide bonds. The van der Waals surface area contributed by atoms with Crippen molar-refractivity contribution in [2.45, 2.75) is 56.5 Å². The van der Waals surface area contributed by atoms with E-state index in [0.717, 1.165) is 31.5 Å². The van der Waals surface area contributed by atoms with Gasteiger partial charge in [0.1, 0.15) is 5.82 Å². The van der Waals surface area contributed by atoms with Crippen molar-refractivity contribution in [1.29, 1.82) is 0 Å². The highest BCUT2D eigenvalue weighted by Crippen LogP contribution is 2.23. The van der Waals surface area contributed by atoms with Gasteiger partial charge in [0.15, 0.2) is 5.03 Å². The van der Waals surface area contributed by atoms with Crippen LogP contribution in [0.1, 0.15) is 51.3 Å². The normalized spacial score (nSPS) is 17.9. The third-order valence-electron chi connectivity index (χ3n) is 3.70. The number of aromatic nitrogens is 2. The van der Waals surface area contributed by atoms with Gasteiger partial charge in [-0.25, -0.2) is 18.1 Å². The molecule has 0 bridgehead atoms. The van der Waals surface area contributed by atoms with Crippen LogP contribution in [-0.2, 0) is 17.1 Å². The van der Waals surface area contributed by atoms with Gasteiger partial charge in [0, 0.05) is 25.2 Å². The SMILES string of the molecule is C=C1CCC(NS(=O)(=O)c2cn(C)c(C(C)C)n2)CC1. The molecule has 0 aliphatic heterocycles. The van der Waals surface area contributed by atoms with E-state index in [1.54, 1.807) is 10.8 Å². The summed E-state index contributed by atoms with van der Waals surface area (Å²) in [6.45, 7) is 7.94. The van der Waals surface area contributed by atoms with Crippen molar-refractivity contribution in [2.75, 3.05) is 0 Å². The molecule has 6 heteroatoms. The predicted octanol–water partition coefficient (Wildman–Crippen LogP) is 2.32. The molecule has 20 heavy (non-hydrogen) atoms. The van der Waals surface area contributed by atoms with E-state index in [1.165, 1.54) is 5.57 Å². The van der Waals surface area contributed by atoms with Crippen molar-refractivity contribution < 1.29 is 8.42 Å². The molecule has 0 spiro atoms. The topological polar surface area (TPSA) is 64.0 Å². The summed E-state index contributed by atoms with van der Waals surface area (Å²) in [4.78, 5) is 4.26. The van der Waals surface area contributed by atoms with E-state index in [0.29, 0.717) is 0 Å². The Labute approximate surface area is 121 Å². The molecule has 1 N–H and O–H groups in total. The third-order valence-corrected chi connectivity index (χ3v) is 5.09. The molecule has 1 heterocycles. The summed E-state index contributed by atoms with van der Waals surface area (Å²) < 4.78 is 29.3. The summed E-state index contributed by atoms with van der Waals surface area (Å²) in [5, 5.41) is 0.119. The monoisotopic (exact) mass is 297 g/mol. The molecule has 1 aromatic heterocycles. The number of hydrogen-bond acceptors (Lipinski definition) is 3. The van der Waals surface area contributed by atoms with E-state index in [1.807, 2.05) is 20.9 Å².